The molecule has 0 heterocycles. The van der Waals surface area contributed by atoms with Crippen LogP contribution in [0.1, 0.15) is 46.0 Å². The van der Waals surface area contributed by atoms with Gasteiger partial charge in [-0.05, 0) is 50.0 Å². The monoisotopic (exact) mass is 204 g/mol. The number of rotatable bonds is 1. The van der Waals surface area contributed by atoms with Gasteiger partial charge in [-0.25, -0.2) is 0 Å². The minimum absolute atomic E-state index is 0.407. The normalized spacial score (nSPS) is 31.5. The summed E-state index contributed by atoms with van der Waals surface area (Å²) in [6.07, 6.45) is 5.18. The fraction of sp³-hybridized carbons (Fsp3) is 0.643. The van der Waals surface area contributed by atoms with E-state index in [1.807, 2.05) is 0 Å². The Kier molecular flexibility index (Phi) is 2.81. The number of hydrogen-bond donors (Lipinski definition) is 0. The highest BCUT2D eigenvalue weighted by molar-refractivity contribution is 5.98. The Labute approximate surface area is 92.3 Å². The third-order valence-electron chi connectivity index (χ3n) is 4.04. The second-order valence-corrected chi connectivity index (χ2v) is 5.15. The van der Waals surface area contributed by atoms with Gasteiger partial charge in [0.05, 0.1) is 0 Å². The standard InChI is InChI=1S/C14H20O/c1-9(2)11-5-4-10(3)12-6-7-14(15)13(12)8-11/h10-11H,1,4-8H2,2-3H3. The third kappa shape index (κ3) is 1.92. The zero-order chi connectivity index (χ0) is 11.0. The van der Waals surface area contributed by atoms with E-state index in [9.17, 15) is 4.79 Å². The number of hydrogen-bond acceptors (Lipinski definition) is 1. The SMILES string of the molecule is C=C(C)C1CCC(C)C2=C(C1)C(=O)CC2. The summed E-state index contributed by atoms with van der Waals surface area (Å²) in [6.45, 7) is 8.42. The second kappa shape index (κ2) is 3.96. The Hall–Kier alpha value is -0.850. The molecule has 0 N–H and O–H groups in total. The Morgan fingerprint density at radius 1 is 1.33 bits per heavy atom. The molecule has 0 aliphatic heterocycles. The van der Waals surface area contributed by atoms with Gasteiger partial charge < -0.3 is 0 Å². The van der Waals surface area contributed by atoms with Gasteiger partial charge in [0.15, 0.2) is 5.78 Å². The lowest BCUT2D eigenvalue weighted by Crippen LogP contribution is -2.05. The van der Waals surface area contributed by atoms with Crippen LogP contribution < -0.4 is 0 Å². The molecule has 0 saturated carbocycles. The van der Waals surface area contributed by atoms with Crippen molar-refractivity contribution in [1.29, 1.82) is 0 Å². The van der Waals surface area contributed by atoms with Crippen molar-refractivity contribution in [1.82, 2.24) is 0 Å². The van der Waals surface area contributed by atoms with Crippen LogP contribution >= 0.6 is 0 Å². The summed E-state index contributed by atoms with van der Waals surface area (Å²) < 4.78 is 0. The zero-order valence-electron chi connectivity index (χ0n) is 9.81. The first kappa shape index (κ1) is 10.7. The lowest BCUT2D eigenvalue weighted by atomic mass is 9.90. The van der Waals surface area contributed by atoms with E-state index >= 15 is 0 Å². The molecule has 15 heavy (non-hydrogen) atoms. The van der Waals surface area contributed by atoms with Gasteiger partial charge >= 0.3 is 0 Å². The summed E-state index contributed by atoms with van der Waals surface area (Å²) in [5.74, 6) is 1.57. The van der Waals surface area contributed by atoms with Crippen LogP contribution in [0, 0.1) is 11.8 Å². The van der Waals surface area contributed by atoms with Crippen LogP contribution in [0.5, 0.6) is 0 Å². The van der Waals surface area contributed by atoms with Crippen molar-refractivity contribution >= 4 is 5.78 Å². The maximum atomic E-state index is 11.8. The lowest BCUT2D eigenvalue weighted by Gasteiger charge is -2.15. The highest BCUT2D eigenvalue weighted by atomic mass is 16.1. The van der Waals surface area contributed by atoms with Gasteiger partial charge in [-0.15, -0.1) is 0 Å². The van der Waals surface area contributed by atoms with Crippen LogP contribution in [-0.2, 0) is 4.79 Å². The molecule has 0 fully saturated rings. The van der Waals surface area contributed by atoms with Gasteiger partial charge in [0, 0.05) is 6.42 Å². The van der Waals surface area contributed by atoms with Gasteiger partial charge in [-0.3, -0.25) is 4.79 Å². The summed E-state index contributed by atoms with van der Waals surface area (Å²) in [4.78, 5) is 11.8. The predicted molar refractivity (Wildman–Crippen MR) is 62.6 cm³/mol. The average molecular weight is 204 g/mol. The van der Waals surface area contributed by atoms with Crippen LogP contribution in [0.4, 0.5) is 0 Å². The molecule has 0 radical (unpaired) electrons. The molecule has 0 aromatic carbocycles. The Morgan fingerprint density at radius 3 is 2.73 bits per heavy atom. The molecule has 0 bridgehead atoms. The first-order chi connectivity index (χ1) is 7.09. The first-order valence-corrected chi connectivity index (χ1v) is 6.00. The molecule has 2 aliphatic carbocycles. The number of carbonyl (C=O) groups excluding carboxylic acids is 1. The van der Waals surface area contributed by atoms with E-state index < -0.39 is 0 Å². The lowest BCUT2D eigenvalue weighted by molar-refractivity contribution is -0.115. The van der Waals surface area contributed by atoms with Crippen molar-refractivity contribution in [3.05, 3.63) is 23.3 Å². The maximum Gasteiger partial charge on any atom is 0.159 e. The van der Waals surface area contributed by atoms with E-state index in [0.29, 0.717) is 17.6 Å². The fourth-order valence-electron chi connectivity index (χ4n) is 2.91. The van der Waals surface area contributed by atoms with Crippen molar-refractivity contribution in [3.63, 3.8) is 0 Å². The van der Waals surface area contributed by atoms with Crippen molar-refractivity contribution in [2.45, 2.75) is 46.0 Å². The van der Waals surface area contributed by atoms with Crippen LogP contribution in [-0.4, -0.2) is 5.78 Å². The zero-order valence-corrected chi connectivity index (χ0v) is 9.81. The molecule has 0 saturated heterocycles. The molecule has 2 unspecified atom stereocenters. The predicted octanol–water partition coefficient (Wildman–Crippen LogP) is 3.66. The number of carbonyl (C=O) groups is 1. The van der Waals surface area contributed by atoms with E-state index in [0.717, 1.165) is 24.8 Å². The number of Topliss-reactive ketones (excluding diaryl/α,β-unsaturated/α-hetero) is 1. The van der Waals surface area contributed by atoms with Crippen molar-refractivity contribution in [2.75, 3.05) is 0 Å². The first-order valence-electron chi connectivity index (χ1n) is 6.00. The van der Waals surface area contributed by atoms with Crippen molar-refractivity contribution in [3.8, 4) is 0 Å². The molecule has 2 aliphatic rings. The van der Waals surface area contributed by atoms with E-state index in [-0.39, 0.29) is 0 Å². The molecule has 2 rings (SSSR count). The fourth-order valence-corrected chi connectivity index (χ4v) is 2.91. The Balaban J connectivity index is 2.27. The summed E-state index contributed by atoms with van der Waals surface area (Å²) >= 11 is 0. The van der Waals surface area contributed by atoms with Crippen molar-refractivity contribution < 1.29 is 4.79 Å². The molecule has 1 heteroatoms. The van der Waals surface area contributed by atoms with Crippen LogP contribution in [0.15, 0.2) is 23.3 Å². The molecular formula is C14H20O. The summed E-state index contributed by atoms with van der Waals surface area (Å²) in [5.41, 5.74) is 3.87. The maximum absolute atomic E-state index is 11.8. The van der Waals surface area contributed by atoms with Crippen LogP contribution in [0.3, 0.4) is 0 Å². The van der Waals surface area contributed by atoms with Gasteiger partial charge in [0.25, 0.3) is 0 Å². The topological polar surface area (TPSA) is 17.1 Å². The van der Waals surface area contributed by atoms with Crippen molar-refractivity contribution in [2.24, 2.45) is 11.8 Å². The molecule has 0 amide bonds. The minimum Gasteiger partial charge on any atom is -0.295 e. The highest BCUT2D eigenvalue weighted by Crippen LogP contribution is 2.40. The van der Waals surface area contributed by atoms with Gasteiger partial charge in [0.2, 0.25) is 0 Å². The van der Waals surface area contributed by atoms with Gasteiger partial charge in [-0.1, -0.05) is 24.6 Å². The summed E-state index contributed by atoms with van der Waals surface area (Å²) in [6, 6.07) is 0. The largest absolute Gasteiger partial charge is 0.295 e. The van der Waals surface area contributed by atoms with E-state index in [1.54, 1.807) is 0 Å². The minimum atomic E-state index is 0.407. The second-order valence-electron chi connectivity index (χ2n) is 5.15. The van der Waals surface area contributed by atoms with Gasteiger partial charge in [0.1, 0.15) is 0 Å². The third-order valence-corrected chi connectivity index (χ3v) is 4.04. The molecule has 0 spiro atoms. The number of ketones is 1. The highest BCUT2D eigenvalue weighted by Gasteiger charge is 2.31. The van der Waals surface area contributed by atoms with E-state index in [1.165, 1.54) is 24.0 Å². The smallest absolute Gasteiger partial charge is 0.159 e. The van der Waals surface area contributed by atoms with E-state index in [2.05, 4.69) is 20.4 Å². The molecule has 1 nitrogen and oxygen atoms in total. The van der Waals surface area contributed by atoms with Crippen LogP contribution in [0.2, 0.25) is 0 Å². The van der Waals surface area contributed by atoms with Gasteiger partial charge in [-0.2, -0.15) is 0 Å². The average Bonchev–Trinajstić information content (AvgIpc) is 2.43. The molecular weight excluding hydrogens is 184 g/mol. The Bertz CT molecular complexity index is 335. The number of allylic oxidation sites excluding steroid dienone is 3. The quantitative estimate of drug-likeness (QED) is 0.596. The Morgan fingerprint density at radius 2 is 2.07 bits per heavy atom. The molecule has 0 aromatic rings. The molecule has 2 atom stereocenters. The molecule has 0 aromatic heterocycles. The van der Waals surface area contributed by atoms with E-state index in [4.69, 9.17) is 0 Å². The summed E-state index contributed by atoms with van der Waals surface area (Å²) in [7, 11) is 0. The van der Waals surface area contributed by atoms with Crippen LogP contribution in [0.25, 0.3) is 0 Å². The molecule has 82 valence electrons. The summed E-state index contributed by atoms with van der Waals surface area (Å²) in [5, 5.41) is 0.